The largest absolute Gasteiger partial charge is 0.434 e. The Morgan fingerprint density at radius 1 is 0.958 bits per heavy atom. The zero-order chi connectivity index (χ0) is 17.7. The SMILES string of the molecule is CC(OC(N)=O)(c1ccc(C=O)cc1)c1ccc(C=O)cc1C=O. The molecule has 24 heavy (non-hydrogen) atoms. The summed E-state index contributed by atoms with van der Waals surface area (Å²) in [7, 11) is 0. The first-order valence-corrected chi connectivity index (χ1v) is 7.03. The average molecular weight is 325 g/mol. The monoisotopic (exact) mass is 325 g/mol. The van der Waals surface area contributed by atoms with Crippen molar-refractivity contribution in [3.63, 3.8) is 0 Å². The molecule has 2 aromatic carbocycles. The van der Waals surface area contributed by atoms with Crippen LogP contribution in [0.25, 0.3) is 0 Å². The van der Waals surface area contributed by atoms with E-state index in [0.29, 0.717) is 41.1 Å². The normalized spacial score (nSPS) is 12.7. The van der Waals surface area contributed by atoms with Crippen molar-refractivity contribution >= 4 is 25.0 Å². The fraction of sp³-hybridized carbons (Fsp3) is 0.111. The second kappa shape index (κ2) is 6.87. The van der Waals surface area contributed by atoms with E-state index in [4.69, 9.17) is 10.5 Å². The lowest BCUT2D eigenvalue weighted by atomic mass is 9.84. The summed E-state index contributed by atoms with van der Waals surface area (Å²) in [5.41, 5.74) is 5.70. The van der Waals surface area contributed by atoms with Crippen molar-refractivity contribution in [3.8, 4) is 0 Å². The Kier molecular flexibility index (Phi) is 4.89. The van der Waals surface area contributed by atoms with Gasteiger partial charge in [-0.25, -0.2) is 4.79 Å². The second-order valence-electron chi connectivity index (χ2n) is 5.28. The molecule has 0 saturated heterocycles. The smallest absolute Gasteiger partial charge is 0.405 e. The van der Waals surface area contributed by atoms with Crippen LogP contribution in [0.2, 0.25) is 0 Å². The van der Waals surface area contributed by atoms with Gasteiger partial charge in [0.05, 0.1) is 0 Å². The maximum Gasteiger partial charge on any atom is 0.405 e. The minimum atomic E-state index is -1.36. The Bertz CT molecular complexity index is 798. The number of amides is 1. The van der Waals surface area contributed by atoms with Crippen LogP contribution in [0.15, 0.2) is 42.5 Å². The molecule has 122 valence electrons. The van der Waals surface area contributed by atoms with Crippen molar-refractivity contribution in [1.82, 2.24) is 0 Å². The summed E-state index contributed by atoms with van der Waals surface area (Å²) < 4.78 is 5.30. The van der Waals surface area contributed by atoms with Gasteiger partial charge < -0.3 is 10.5 Å². The van der Waals surface area contributed by atoms with Crippen LogP contribution < -0.4 is 5.73 Å². The Hall–Kier alpha value is -3.28. The van der Waals surface area contributed by atoms with Crippen molar-refractivity contribution in [2.45, 2.75) is 12.5 Å². The molecule has 0 radical (unpaired) electrons. The van der Waals surface area contributed by atoms with E-state index in [-0.39, 0.29) is 5.56 Å². The summed E-state index contributed by atoms with van der Waals surface area (Å²) in [5.74, 6) is 0. The molecule has 0 aliphatic carbocycles. The topological polar surface area (TPSA) is 104 Å². The Morgan fingerprint density at radius 2 is 1.54 bits per heavy atom. The Morgan fingerprint density at radius 3 is 2.04 bits per heavy atom. The van der Waals surface area contributed by atoms with Gasteiger partial charge in [0.25, 0.3) is 0 Å². The summed E-state index contributed by atoms with van der Waals surface area (Å²) in [6.45, 7) is 1.58. The lowest BCUT2D eigenvalue weighted by Crippen LogP contribution is -2.34. The van der Waals surface area contributed by atoms with E-state index in [1.54, 1.807) is 31.2 Å². The van der Waals surface area contributed by atoms with Gasteiger partial charge in [-0.15, -0.1) is 0 Å². The molecule has 0 fully saturated rings. The van der Waals surface area contributed by atoms with Crippen LogP contribution in [-0.4, -0.2) is 25.0 Å². The highest BCUT2D eigenvalue weighted by Crippen LogP contribution is 2.35. The number of primary amides is 1. The predicted molar refractivity (Wildman–Crippen MR) is 86.2 cm³/mol. The number of rotatable bonds is 6. The Labute approximate surface area is 138 Å². The van der Waals surface area contributed by atoms with E-state index >= 15 is 0 Å². The number of aldehydes is 3. The highest BCUT2D eigenvalue weighted by atomic mass is 16.6. The van der Waals surface area contributed by atoms with E-state index in [9.17, 15) is 19.2 Å². The predicted octanol–water partition coefficient (Wildman–Crippen LogP) is 2.48. The lowest BCUT2D eigenvalue weighted by Gasteiger charge is -2.31. The second-order valence-corrected chi connectivity index (χ2v) is 5.28. The molecule has 6 nitrogen and oxygen atoms in total. The maximum absolute atomic E-state index is 11.4. The zero-order valence-electron chi connectivity index (χ0n) is 12.9. The number of hydrogen-bond donors (Lipinski definition) is 1. The van der Waals surface area contributed by atoms with Gasteiger partial charge in [0.2, 0.25) is 0 Å². The number of hydrogen-bond acceptors (Lipinski definition) is 5. The van der Waals surface area contributed by atoms with E-state index < -0.39 is 11.7 Å². The van der Waals surface area contributed by atoms with Crippen molar-refractivity contribution < 1.29 is 23.9 Å². The minimum absolute atomic E-state index is 0.197. The van der Waals surface area contributed by atoms with Gasteiger partial charge in [-0.05, 0) is 18.6 Å². The van der Waals surface area contributed by atoms with Crippen molar-refractivity contribution in [2.75, 3.05) is 0 Å². The van der Waals surface area contributed by atoms with Gasteiger partial charge in [0.1, 0.15) is 12.6 Å². The number of ether oxygens (including phenoxy) is 1. The van der Waals surface area contributed by atoms with Crippen molar-refractivity contribution in [2.24, 2.45) is 5.73 Å². The van der Waals surface area contributed by atoms with E-state index in [2.05, 4.69) is 0 Å². The molecule has 2 rings (SSSR count). The third kappa shape index (κ3) is 3.22. The molecule has 0 aromatic heterocycles. The van der Waals surface area contributed by atoms with Crippen molar-refractivity contribution in [3.05, 3.63) is 70.3 Å². The van der Waals surface area contributed by atoms with Gasteiger partial charge in [-0.3, -0.25) is 14.4 Å². The van der Waals surface area contributed by atoms with E-state index in [0.717, 1.165) is 0 Å². The van der Waals surface area contributed by atoms with Crippen LogP contribution in [0.4, 0.5) is 4.79 Å². The minimum Gasteiger partial charge on any atom is -0.434 e. The molecule has 0 aliphatic rings. The van der Waals surface area contributed by atoms with Gasteiger partial charge in [0, 0.05) is 22.3 Å². The number of carbonyl (C=O) groups excluding carboxylic acids is 4. The molecule has 0 heterocycles. The Balaban J connectivity index is 2.66. The summed E-state index contributed by atoms with van der Waals surface area (Å²) in [6, 6.07) is 10.8. The van der Waals surface area contributed by atoms with E-state index in [1.807, 2.05) is 0 Å². The number of benzene rings is 2. The third-order valence-electron chi connectivity index (χ3n) is 3.75. The molecule has 2 aromatic rings. The highest BCUT2D eigenvalue weighted by molar-refractivity contribution is 5.84. The van der Waals surface area contributed by atoms with E-state index in [1.165, 1.54) is 18.2 Å². The van der Waals surface area contributed by atoms with Gasteiger partial charge in [-0.2, -0.15) is 0 Å². The molecule has 0 saturated carbocycles. The third-order valence-corrected chi connectivity index (χ3v) is 3.75. The molecule has 1 unspecified atom stereocenters. The summed E-state index contributed by atoms with van der Waals surface area (Å²) in [6.07, 6.45) is 0.853. The van der Waals surface area contributed by atoms with Gasteiger partial charge in [-0.1, -0.05) is 36.4 Å². The van der Waals surface area contributed by atoms with Crippen LogP contribution in [0, 0.1) is 0 Å². The first-order valence-electron chi connectivity index (χ1n) is 7.03. The molecule has 1 amide bonds. The molecule has 1 atom stereocenters. The van der Waals surface area contributed by atoms with Crippen molar-refractivity contribution in [1.29, 1.82) is 0 Å². The molecule has 2 N–H and O–H groups in total. The van der Waals surface area contributed by atoms with Crippen LogP contribution in [0.3, 0.4) is 0 Å². The van der Waals surface area contributed by atoms with Gasteiger partial charge in [0.15, 0.2) is 11.9 Å². The summed E-state index contributed by atoms with van der Waals surface area (Å²) in [5, 5.41) is 0. The van der Waals surface area contributed by atoms with Gasteiger partial charge >= 0.3 is 6.09 Å². The van der Waals surface area contributed by atoms with Crippen LogP contribution in [-0.2, 0) is 10.3 Å². The molecular weight excluding hydrogens is 310 g/mol. The molecule has 0 aliphatic heterocycles. The fourth-order valence-corrected chi connectivity index (χ4v) is 2.54. The molecular formula is C18H15NO5. The first kappa shape index (κ1) is 17.1. The number of carbonyl (C=O) groups is 4. The lowest BCUT2D eigenvalue weighted by molar-refractivity contribution is 0.0586. The summed E-state index contributed by atoms with van der Waals surface area (Å²) in [4.78, 5) is 44.5. The maximum atomic E-state index is 11.4. The molecule has 6 heteroatoms. The highest BCUT2D eigenvalue weighted by Gasteiger charge is 2.35. The zero-order valence-corrected chi connectivity index (χ0v) is 12.9. The van der Waals surface area contributed by atoms with Crippen LogP contribution in [0.1, 0.15) is 49.1 Å². The quantitative estimate of drug-likeness (QED) is 0.822. The van der Waals surface area contributed by atoms with Crippen LogP contribution >= 0.6 is 0 Å². The number of nitrogens with two attached hydrogens (primary N) is 1. The first-order chi connectivity index (χ1) is 11.4. The molecule has 0 spiro atoms. The fourth-order valence-electron chi connectivity index (χ4n) is 2.54. The standard InChI is InChI=1S/C18H15NO5/c1-18(24-17(19)23,15-5-2-12(9-20)3-6-15)16-7-4-13(10-21)8-14(16)11-22/h2-11H,1H3,(H2,19,23). The average Bonchev–Trinajstić information content (AvgIpc) is 2.60. The summed E-state index contributed by atoms with van der Waals surface area (Å²) >= 11 is 0. The molecule has 0 bridgehead atoms. The van der Waals surface area contributed by atoms with Crippen LogP contribution in [0.5, 0.6) is 0 Å².